The molecule has 3 fully saturated rings. The van der Waals surface area contributed by atoms with Gasteiger partial charge >= 0.3 is 12.2 Å². The molecule has 0 radical (unpaired) electrons. The van der Waals surface area contributed by atoms with E-state index in [0.717, 1.165) is 52.8 Å². The Balaban J connectivity index is 1.13. The lowest BCUT2D eigenvalue weighted by Crippen LogP contribution is -2.59. The first-order valence-electron chi connectivity index (χ1n) is 25.3. The van der Waals surface area contributed by atoms with Crippen LogP contribution in [0.15, 0.2) is 60.2 Å². The SMILES string of the molecule is COc1ccc(CN(C(=O)C2=C(c3ccc(CCCOc4c(F)ccc(F)c4Cl)cc3)CC3CC(C(=O)N4CCC(OC(=O)OCCCCON(O)O)CC4)CC2N3C(=O)OCCCCON(O)O)C2CC2)cc1C. The Morgan fingerprint density at radius 2 is 1.40 bits per heavy atom. The van der Waals surface area contributed by atoms with E-state index in [4.69, 9.17) is 56.1 Å². The molecule has 410 valence electrons. The molecule has 3 aliphatic heterocycles. The number of methoxy groups -OCH3 is 1. The minimum Gasteiger partial charge on any atom is -0.496 e. The summed E-state index contributed by atoms with van der Waals surface area (Å²) in [6.45, 7) is 2.88. The van der Waals surface area contributed by atoms with Crippen LogP contribution >= 0.6 is 11.6 Å². The van der Waals surface area contributed by atoms with E-state index in [0.29, 0.717) is 75.8 Å². The fraction of sp³-hybridized carbons (Fsp3) is 0.538. The fourth-order valence-corrected chi connectivity index (χ4v) is 10.2. The molecule has 75 heavy (non-hydrogen) atoms. The van der Waals surface area contributed by atoms with Crippen molar-refractivity contribution in [2.24, 2.45) is 5.92 Å². The van der Waals surface area contributed by atoms with Crippen LogP contribution in [-0.4, -0.2) is 148 Å². The van der Waals surface area contributed by atoms with E-state index in [1.54, 1.807) is 16.9 Å². The molecule has 23 heteroatoms. The van der Waals surface area contributed by atoms with Gasteiger partial charge in [-0.2, -0.15) is 0 Å². The Morgan fingerprint density at radius 3 is 2.04 bits per heavy atom. The van der Waals surface area contributed by atoms with Gasteiger partial charge in [0.15, 0.2) is 11.6 Å². The minimum absolute atomic E-state index is 0.00645. The molecule has 2 bridgehead atoms. The number of benzene rings is 3. The zero-order valence-electron chi connectivity index (χ0n) is 42.1. The molecule has 20 nitrogen and oxygen atoms in total. The predicted molar refractivity (Wildman–Crippen MR) is 261 cm³/mol. The molecular weight excluding hydrogens is 1010 g/mol. The third-order valence-electron chi connectivity index (χ3n) is 13.9. The monoisotopic (exact) mass is 1070 g/mol. The van der Waals surface area contributed by atoms with Crippen molar-refractivity contribution in [2.75, 3.05) is 53.2 Å². The highest BCUT2D eigenvalue weighted by Gasteiger charge is 2.51. The van der Waals surface area contributed by atoms with Crippen LogP contribution < -0.4 is 9.47 Å². The third-order valence-corrected chi connectivity index (χ3v) is 14.2. The molecule has 2 saturated heterocycles. The smallest absolute Gasteiger partial charge is 0.496 e. The van der Waals surface area contributed by atoms with E-state index < -0.39 is 53.0 Å². The van der Waals surface area contributed by atoms with Crippen LogP contribution in [0.1, 0.15) is 99.3 Å². The Morgan fingerprint density at radius 1 is 0.760 bits per heavy atom. The third kappa shape index (κ3) is 15.7. The molecule has 0 aromatic heterocycles. The molecule has 1 saturated carbocycles. The van der Waals surface area contributed by atoms with Gasteiger partial charge in [-0.3, -0.25) is 45.0 Å². The Bertz CT molecular complexity index is 2460. The van der Waals surface area contributed by atoms with Crippen molar-refractivity contribution in [3.05, 3.63) is 99.1 Å². The van der Waals surface area contributed by atoms with Gasteiger partial charge in [0, 0.05) is 56.1 Å². The van der Waals surface area contributed by atoms with Crippen LogP contribution in [0.5, 0.6) is 11.5 Å². The van der Waals surface area contributed by atoms with Crippen molar-refractivity contribution in [3.63, 3.8) is 0 Å². The normalized spacial score (nSPS) is 18.8. The van der Waals surface area contributed by atoms with E-state index >= 15 is 4.79 Å². The molecule has 3 aromatic carbocycles. The number of hydrogen-bond donors (Lipinski definition) is 4. The highest BCUT2D eigenvalue weighted by molar-refractivity contribution is 6.32. The van der Waals surface area contributed by atoms with Crippen LogP contribution in [0.25, 0.3) is 5.57 Å². The van der Waals surface area contributed by atoms with Gasteiger partial charge in [-0.25, -0.2) is 18.4 Å². The van der Waals surface area contributed by atoms with Crippen LogP contribution in [0.4, 0.5) is 18.4 Å². The van der Waals surface area contributed by atoms with Crippen molar-refractivity contribution in [2.45, 2.75) is 121 Å². The number of rotatable bonds is 25. The summed E-state index contributed by atoms with van der Waals surface area (Å²) in [5.74, 6) is -2.16. The first kappa shape index (κ1) is 57.0. The summed E-state index contributed by atoms with van der Waals surface area (Å²) in [4.78, 5) is 71.6. The lowest BCUT2D eigenvalue weighted by molar-refractivity contribution is -0.492. The number of carbonyl (C=O) groups is 4. The van der Waals surface area contributed by atoms with Crippen molar-refractivity contribution in [1.29, 1.82) is 0 Å². The van der Waals surface area contributed by atoms with E-state index in [2.05, 4.69) is 9.68 Å². The van der Waals surface area contributed by atoms with Crippen molar-refractivity contribution < 1.29 is 82.1 Å². The number of hydrogen-bond acceptors (Lipinski definition) is 17. The van der Waals surface area contributed by atoms with Gasteiger partial charge in [-0.15, -0.1) is 0 Å². The van der Waals surface area contributed by atoms with E-state index in [1.165, 1.54) is 0 Å². The average molecular weight is 1070 g/mol. The molecule has 1 aliphatic carbocycles. The number of likely N-dealkylation sites (tertiary alicyclic amines) is 1. The van der Waals surface area contributed by atoms with Gasteiger partial charge in [0.1, 0.15) is 22.7 Å². The Hall–Kier alpha value is -5.69. The lowest BCUT2D eigenvalue weighted by atomic mass is 9.73. The van der Waals surface area contributed by atoms with Crippen LogP contribution in [-0.2, 0) is 46.4 Å². The second-order valence-corrected chi connectivity index (χ2v) is 19.5. The Labute approximate surface area is 438 Å². The van der Waals surface area contributed by atoms with Gasteiger partial charge in [-0.05, 0) is 124 Å². The number of piperidine rings is 2. The van der Waals surface area contributed by atoms with E-state index in [9.17, 15) is 23.2 Å². The van der Waals surface area contributed by atoms with Crippen LogP contribution in [0.2, 0.25) is 5.02 Å². The summed E-state index contributed by atoms with van der Waals surface area (Å²) < 4.78 is 56.0. The predicted octanol–water partition coefficient (Wildman–Crippen LogP) is 8.61. The molecule has 3 unspecified atom stereocenters. The molecule has 4 aliphatic rings. The maximum Gasteiger partial charge on any atom is 0.508 e. The molecule has 0 spiro atoms. The van der Waals surface area contributed by atoms with E-state index in [1.807, 2.05) is 54.3 Å². The van der Waals surface area contributed by atoms with Gasteiger partial charge in [0.25, 0.3) is 5.91 Å². The fourth-order valence-electron chi connectivity index (χ4n) is 10.0. The summed E-state index contributed by atoms with van der Waals surface area (Å²) in [7, 11) is 1.60. The number of unbranched alkanes of at least 4 members (excludes halogenated alkanes) is 2. The Kier molecular flexibility index (Phi) is 20.8. The van der Waals surface area contributed by atoms with E-state index in [-0.39, 0.29) is 93.2 Å². The molecular formula is C52H66ClF2N5O15. The zero-order valence-corrected chi connectivity index (χ0v) is 42.8. The maximum atomic E-state index is 15.7. The largest absolute Gasteiger partial charge is 0.508 e. The first-order valence-corrected chi connectivity index (χ1v) is 25.7. The summed E-state index contributed by atoms with van der Waals surface area (Å²) in [5.41, 5.74) is 4.65. The second kappa shape index (κ2) is 27.4. The number of nitrogens with zero attached hydrogens (tertiary/aromatic N) is 5. The topological polar surface area (TPSA) is 230 Å². The van der Waals surface area contributed by atoms with Gasteiger partial charge in [0.2, 0.25) is 5.91 Å². The molecule has 3 amide bonds. The molecule has 3 aromatic rings. The number of halogens is 3. The highest BCUT2D eigenvalue weighted by atomic mass is 35.5. The minimum atomic E-state index is -0.874. The average Bonchev–Trinajstić information content (AvgIpc) is 4.24. The summed E-state index contributed by atoms with van der Waals surface area (Å²) in [6, 6.07) is 13.9. The van der Waals surface area contributed by atoms with Crippen LogP contribution in [0, 0.1) is 24.5 Å². The highest BCUT2D eigenvalue weighted by Crippen LogP contribution is 2.46. The maximum absolute atomic E-state index is 15.7. The van der Waals surface area contributed by atoms with Crippen molar-refractivity contribution >= 4 is 41.2 Å². The molecule has 3 atom stereocenters. The zero-order chi connectivity index (χ0) is 53.6. The first-order chi connectivity index (χ1) is 36.1. The summed E-state index contributed by atoms with van der Waals surface area (Å²) in [6.07, 6.45) is 3.41. The standard InChI is InChI=1S/C52H66ClF2N5O15/c1-33-28-35(11-18-45(33)69-2)32-57(38-14-15-38)50(62)46-41(36-12-9-34(10-13-36)8-7-25-70-48-43(55)17-16-42(54)47(48)53)31-39-29-37(30-44(46)58(39)51(63)71-23-3-5-26-73-59(65)66)49(61)56-21-19-40(20-22-56)75-52(64)72-24-4-6-27-74-60(67)68/h9-13,16-18,28,37-40,44,65-68H,3-8,14-15,19-27,29-32H2,1-2H3. The van der Waals surface area contributed by atoms with Gasteiger partial charge in [0.05, 0.1) is 57.0 Å². The summed E-state index contributed by atoms with van der Waals surface area (Å²) in [5, 5.41) is 33.9. The molecule has 7 rings (SSSR count). The summed E-state index contributed by atoms with van der Waals surface area (Å²) >= 11 is 5.96. The lowest BCUT2D eigenvalue weighted by Gasteiger charge is -2.50. The number of carbonyl (C=O) groups excluding carboxylic acids is 4. The van der Waals surface area contributed by atoms with Gasteiger partial charge < -0.3 is 33.5 Å². The van der Waals surface area contributed by atoms with Crippen LogP contribution in [0.3, 0.4) is 0 Å². The number of amides is 3. The van der Waals surface area contributed by atoms with Gasteiger partial charge in [-0.1, -0.05) is 48.0 Å². The number of fused-ring (bicyclic) bond motifs is 2. The second-order valence-electron chi connectivity index (χ2n) is 19.1. The quantitative estimate of drug-likeness (QED) is 0.0269. The number of ether oxygens (including phenoxy) is 5. The number of aryl methyl sites for hydroxylation is 2. The molecule has 3 heterocycles. The van der Waals surface area contributed by atoms with Crippen molar-refractivity contribution in [3.8, 4) is 11.5 Å². The van der Waals surface area contributed by atoms with Crippen molar-refractivity contribution in [1.82, 2.24) is 25.5 Å². The molecule has 4 N–H and O–H groups in total.